The molecule has 0 radical (unpaired) electrons. The molecule has 19 heavy (non-hydrogen) atoms. The number of nitrogens with zero attached hydrogens (tertiary/aromatic N) is 3. The Hall–Kier alpha value is -0.370. The fourth-order valence-electron chi connectivity index (χ4n) is 2.47. The zero-order chi connectivity index (χ0) is 14.0. The highest BCUT2D eigenvalue weighted by Gasteiger charge is 2.37. The lowest BCUT2D eigenvalue weighted by atomic mass is 10.3. The normalized spacial score (nSPS) is 27.2. The van der Waals surface area contributed by atoms with E-state index in [0.29, 0.717) is 6.54 Å². The summed E-state index contributed by atoms with van der Waals surface area (Å²) in [5.41, 5.74) is 0. The van der Waals surface area contributed by atoms with Crippen LogP contribution in [0.1, 0.15) is 6.42 Å². The van der Waals surface area contributed by atoms with Gasteiger partial charge >= 0.3 is 0 Å². The van der Waals surface area contributed by atoms with Gasteiger partial charge in [-0.15, -0.1) is 0 Å². The van der Waals surface area contributed by atoms with E-state index in [1.54, 1.807) is 4.90 Å². The van der Waals surface area contributed by atoms with Crippen LogP contribution in [-0.2, 0) is 13.8 Å². The van der Waals surface area contributed by atoms with Gasteiger partial charge in [0.05, 0.1) is 0 Å². The predicted molar refractivity (Wildman–Crippen MR) is 73.7 cm³/mol. The molecule has 0 bridgehead atoms. The molecule has 110 valence electrons. The molecule has 0 saturated carbocycles. The van der Waals surface area contributed by atoms with Crippen LogP contribution < -0.4 is 0 Å². The second-order valence-electron chi connectivity index (χ2n) is 5.29. The largest absolute Gasteiger partial charge is 0.340 e. The molecule has 2 rings (SSSR count). The Morgan fingerprint density at radius 2 is 1.84 bits per heavy atom. The van der Waals surface area contributed by atoms with E-state index in [2.05, 4.69) is 16.8 Å². The van der Waals surface area contributed by atoms with Gasteiger partial charge in [-0.25, -0.2) is 8.42 Å². The van der Waals surface area contributed by atoms with Crippen molar-refractivity contribution in [3.63, 3.8) is 0 Å². The first-order valence-corrected chi connectivity index (χ1v) is 8.85. The number of likely N-dealkylation sites (tertiary alicyclic amines) is 1. The SMILES string of the molecule is CN1CCN(CCN2CC(S(=O)(=O)Cl)CC2=O)CC1. The molecular formula is C11H20ClN3O3S. The van der Waals surface area contributed by atoms with Crippen molar-refractivity contribution in [3.8, 4) is 0 Å². The van der Waals surface area contributed by atoms with Crippen molar-refractivity contribution in [2.75, 3.05) is 52.9 Å². The number of amides is 1. The first-order valence-electron chi connectivity index (χ1n) is 6.48. The Kier molecular flexibility index (Phi) is 4.70. The first kappa shape index (κ1) is 15.0. The molecule has 2 aliphatic rings. The van der Waals surface area contributed by atoms with E-state index in [9.17, 15) is 13.2 Å². The van der Waals surface area contributed by atoms with Crippen LogP contribution in [0.15, 0.2) is 0 Å². The lowest BCUT2D eigenvalue weighted by Gasteiger charge is -2.33. The number of carbonyl (C=O) groups is 1. The number of likely N-dealkylation sites (N-methyl/N-ethyl adjacent to an activating group) is 1. The Morgan fingerprint density at radius 3 is 2.37 bits per heavy atom. The summed E-state index contributed by atoms with van der Waals surface area (Å²) in [7, 11) is 3.78. The number of hydrogen-bond donors (Lipinski definition) is 0. The predicted octanol–water partition coefficient (Wildman–Crippen LogP) is -0.597. The molecule has 2 saturated heterocycles. The monoisotopic (exact) mass is 309 g/mol. The average Bonchev–Trinajstić information content (AvgIpc) is 2.70. The standard InChI is InChI=1S/C11H20ClN3O3S/c1-13-2-4-14(5-3-13)6-7-15-9-10(8-11(15)16)19(12,17)18/h10H,2-9H2,1H3. The summed E-state index contributed by atoms with van der Waals surface area (Å²) < 4.78 is 22.5. The Bertz CT molecular complexity index is 434. The molecule has 2 heterocycles. The smallest absolute Gasteiger partial charge is 0.237 e. The van der Waals surface area contributed by atoms with Crippen LogP contribution in [-0.4, -0.2) is 87.1 Å². The second-order valence-corrected chi connectivity index (χ2v) is 8.19. The molecule has 2 aliphatic heterocycles. The van der Waals surface area contributed by atoms with Crippen molar-refractivity contribution < 1.29 is 13.2 Å². The van der Waals surface area contributed by atoms with Gasteiger partial charge in [0.15, 0.2) is 0 Å². The van der Waals surface area contributed by atoms with E-state index >= 15 is 0 Å². The molecule has 2 fully saturated rings. The van der Waals surface area contributed by atoms with E-state index in [-0.39, 0.29) is 18.9 Å². The molecule has 0 aromatic heterocycles. The molecule has 8 heteroatoms. The molecular weight excluding hydrogens is 290 g/mol. The molecule has 0 aromatic rings. The summed E-state index contributed by atoms with van der Waals surface area (Å²) in [4.78, 5) is 17.9. The molecule has 0 aliphatic carbocycles. The first-order chi connectivity index (χ1) is 8.86. The van der Waals surface area contributed by atoms with Crippen LogP contribution in [0, 0.1) is 0 Å². The van der Waals surface area contributed by atoms with Gasteiger partial charge in [-0.05, 0) is 7.05 Å². The van der Waals surface area contributed by atoms with Gasteiger partial charge in [0.25, 0.3) is 0 Å². The number of hydrogen-bond acceptors (Lipinski definition) is 5. The van der Waals surface area contributed by atoms with E-state index in [0.717, 1.165) is 32.7 Å². The fourth-order valence-corrected chi connectivity index (χ4v) is 3.53. The molecule has 1 amide bonds. The van der Waals surface area contributed by atoms with Gasteiger partial charge < -0.3 is 9.80 Å². The lowest BCUT2D eigenvalue weighted by Crippen LogP contribution is -2.47. The summed E-state index contributed by atoms with van der Waals surface area (Å²) >= 11 is 0. The molecule has 1 atom stereocenters. The minimum atomic E-state index is -3.63. The quantitative estimate of drug-likeness (QED) is 0.649. The maximum Gasteiger partial charge on any atom is 0.237 e. The maximum atomic E-state index is 11.7. The molecule has 0 spiro atoms. The van der Waals surface area contributed by atoms with Crippen LogP contribution in [0.25, 0.3) is 0 Å². The number of halogens is 1. The maximum absolute atomic E-state index is 11.7. The highest BCUT2D eigenvalue weighted by atomic mass is 35.7. The van der Waals surface area contributed by atoms with Crippen molar-refractivity contribution in [1.29, 1.82) is 0 Å². The fraction of sp³-hybridized carbons (Fsp3) is 0.909. The zero-order valence-electron chi connectivity index (χ0n) is 11.1. The highest BCUT2D eigenvalue weighted by molar-refractivity contribution is 8.14. The highest BCUT2D eigenvalue weighted by Crippen LogP contribution is 2.21. The number of rotatable bonds is 4. The van der Waals surface area contributed by atoms with Crippen molar-refractivity contribution >= 4 is 25.6 Å². The topological polar surface area (TPSA) is 60.9 Å². The summed E-state index contributed by atoms with van der Waals surface area (Å²) in [6.45, 7) is 5.68. The van der Waals surface area contributed by atoms with Crippen LogP contribution >= 0.6 is 10.7 Å². The number of carbonyl (C=O) groups excluding carboxylic acids is 1. The Morgan fingerprint density at radius 1 is 1.21 bits per heavy atom. The van der Waals surface area contributed by atoms with E-state index in [1.807, 2.05) is 0 Å². The van der Waals surface area contributed by atoms with Crippen molar-refractivity contribution in [1.82, 2.24) is 14.7 Å². The second kappa shape index (κ2) is 5.95. The number of piperazine rings is 1. The van der Waals surface area contributed by atoms with Gasteiger partial charge in [0, 0.05) is 62.9 Å². The Balaban J connectivity index is 1.79. The lowest BCUT2D eigenvalue weighted by molar-refractivity contribution is -0.127. The third-order valence-corrected chi connectivity index (χ3v) is 5.73. The third kappa shape index (κ3) is 4.05. The van der Waals surface area contributed by atoms with Gasteiger partial charge in [-0.2, -0.15) is 0 Å². The van der Waals surface area contributed by atoms with Crippen molar-refractivity contribution in [2.24, 2.45) is 0 Å². The summed E-state index contributed by atoms with van der Waals surface area (Å²) in [6, 6.07) is 0. The molecule has 0 N–H and O–H groups in total. The molecule has 1 unspecified atom stereocenters. The van der Waals surface area contributed by atoms with Gasteiger partial charge in [-0.1, -0.05) is 0 Å². The molecule has 0 aromatic carbocycles. The van der Waals surface area contributed by atoms with E-state index in [4.69, 9.17) is 10.7 Å². The Labute approximate surface area is 118 Å². The van der Waals surface area contributed by atoms with Gasteiger partial charge in [-0.3, -0.25) is 9.69 Å². The zero-order valence-corrected chi connectivity index (χ0v) is 12.7. The summed E-state index contributed by atoms with van der Waals surface area (Å²) in [5.74, 6) is -0.108. The summed E-state index contributed by atoms with van der Waals surface area (Å²) in [6.07, 6.45) is 0.0224. The van der Waals surface area contributed by atoms with Gasteiger partial charge in [0.1, 0.15) is 5.25 Å². The van der Waals surface area contributed by atoms with Crippen LogP contribution in [0.2, 0.25) is 0 Å². The van der Waals surface area contributed by atoms with Crippen LogP contribution in [0.3, 0.4) is 0 Å². The van der Waals surface area contributed by atoms with E-state index in [1.165, 1.54) is 0 Å². The van der Waals surface area contributed by atoms with E-state index < -0.39 is 14.3 Å². The van der Waals surface area contributed by atoms with Gasteiger partial charge in [0.2, 0.25) is 15.0 Å². The van der Waals surface area contributed by atoms with Crippen molar-refractivity contribution in [3.05, 3.63) is 0 Å². The van der Waals surface area contributed by atoms with Crippen LogP contribution in [0.4, 0.5) is 0 Å². The minimum Gasteiger partial charge on any atom is -0.340 e. The van der Waals surface area contributed by atoms with Crippen molar-refractivity contribution in [2.45, 2.75) is 11.7 Å². The van der Waals surface area contributed by atoms with Crippen LogP contribution in [0.5, 0.6) is 0 Å². The summed E-state index contributed by atoms with van der Waals surface area (Å²) in [5, 5.41) is -0.742. The minimum absolute atomic E-state index is 0.0224. The third-order valence-electron chi connectivity index (χ3n) is 3.86. The average molecular weight is 310 g/mol. The molecule has 6 nitrogen and oxygen atoms in total.